The van der Waals surface area contributed by atoms with Crippen molar-refractivity contribution in [2.45, 2.75) is 157 Å². The SMILES string of the molecule is [2H]c1c(C(C)(C)C)ccc(OP(Oc2ccc(C(C)(C)C)c([2H])c2C(C)(C)C)Oc2ccc(C(C)(C)C)c([2H])c2C(C)(C)C)c1C(C)(C)C. The molecule has 4 heteroatoms. The molecule has 3 aromatic carbocycles. The molecular weight excluding hydrogens is 583 g/mol. The normalized spacial score (nSPS) is 14.5. The van der Waals surface area contributed by atoms with Gasteiger partial charge in [0.05, 0.1) is 4.11 Å². The van der Waals surface area contributed by atoms with Crippen molar-refractivity contribution in [3.63, 3.8) is 0 Å². The summed E-state index contributed by atoms with van der Waals surface area (Å²) in [5, 5.41) is 0. The summed E-state index contributed by atoms with van der Waals surface area (Å²) in [7, 11) is -2.18. The highest BCUT2D eigenvalue weighted by molar-refractivity contribution is 7.43. The third-order valence-corrected chi connectivity index (χ3v) is 8.95. The van der Waals surface area contributed by atoms with E-state index in [0.717, 1.165) is 33.4 Å². The Balaban J connectivity index is 2.35. The molecule has 0 aliphatic rings. The molecule has 0 fully saturated rings. The van der Waals surface area contributed by atoms with Crippen LogP contribution < -0.4 is 13.6 Å². The first-order chi connectivity index (χ1) is 21.9. The van der Waals surface area contributed by atoms with Crippen LogP contribution in [0.5, 0.6) is 17.2 Å². The standard InChI is InChI=1S/C42H63O3P/c1-37(2,3)28-19-22-34(31(25-28)40(10,11)12)43-46(44-35-23-20-29(38(4,5)6)26-32(35)41(13,14)15)45-36-24-21-30(39(7,8)9)27-33(36)42(16,17)18/h19-27H,1-18H3/i25D,26D,27D. The number of benzene rings is 3. The molecule has 0 aliphatic heterocycles. The van der Waals surface area contributed by atoms with Gasteiger partial charge in [-0.1, -0.05) is 161 Å². The third kappa shape index (κ3) is 9.53. The summed E-state index contributed by atoms with van der Waals surface area (Å²) in [6.45, 7) is 37.9. The Bertz CT molecular complexity index is 1470. The zero-order valence-corrected chi connectivity index (χ0v) is 33.0. The van der Waals surface area contributed by atoms with Crippen LogP contribution in [0, 0.1) is 0 Å². The second-order valence-corrected chi connectivity index (χ2v) is 19.8. The van der Waals surface area contributed by atoms with Crippen molar-refractivity contribution in [3.05, 3.63) is 87.9 Å². The molecule has 0 atom stereocenters. The molecule has 3 nitrogen and oxygen atoms in total. The molecule has 0 saturated carbocycles. The maximum atomic E-state index is 9.33. The minimum Gasteiger partial charge on any atom is -0.408 e. The highest BCUT2D eigenvalue weighted by atomic mass is 31.2. The fourth-order valence-corrected chi connectivity index (χ4v) is 6.00. The second kappa shape index (κ2) is 12.8. The van der Waals surface area contributed by atoms with Crippen molar-refractivity contribution in [1.29, 1.82) is 0 Å². The Morgan fingerprint density at radius 3 is 0.761 bits per heavy atom. The fourth-order valence-electron chi connectivity index (χ4n) is 4.95. The average molecular weight is 650 g/mol. The van der Waals surface area contributed by atoms with Crippen molar-refractivity contribution >= 4 is 8.60 Å². The van der Waals surface area contributed by atoms with Crippen LogP contribution >= 0.6 is 8.60 Å². The van der Waals surface area contributed by atoms with Gasteiger partial charge in [0.2, 0.25) is 0 Å². The largest absolute Gasteiger partial charge is 0.530 e. The zero-order chi connectivity index (χ0) is 37.9. The lowest BCUT2D eigenvalue weighted by Gasteiger charge is -2.31. The Morgan fingerprint density at radius 2 is 0.587 bits per heavy atom. The highest BCUT2D eigenvalue weighted by Crippen LogP contribution is 2.50. The molecule has 46 heavy (non-hydrogen) atoms. The zero-order valence-electron chi connectivity index (χ0n) is 35.1. The molecule has 0 heterocycles. The minimum absolute atomic E-state index is 0.227. The van der Waals surface area contributed by atoms with Crippen LogP contribution in [-0.4, -0.2) is 0 Å². The van der Waals surface area contributed by atoms with Crippen molar-refractivity contribution in [3.8, 4) is 17.2 Å². The Labute approximate surface area is 288 Å². The molecule has 0 bridgehead atoms. The summed E-state index contributed by atoms with van der Waals surface area (Å²) in [4.78, 5) is 0. The Kier molecular flexibility index (Phi) is 9.32. The van der Waals surface area contributed by atoms with Gasteiger partial charge >= 0.3 is 8.60 Å². The molecule has 0 unspecified atom stereocenters. The topological polar surface area (TPSA) is 27.7 Å². The summed E-state index contributed by atoms with van der Waals surface area (Å²) in [5.74, 6) is 1.59. The van der Waals surface area contributed by atoms with E-state index in [2.05, 4.69) is 125 Å². The van der Waals surface area contributed by atoms with E-state index in [9.17, 15) is 4.11 Å². The van der Waals surface area contributed by atoms with Gasteiger partial charge in [0.1, 0.15) is 17.2 Å². The van der Waals surface area contributed by atoms with Gasteiger partial charge in [0.25, 0.3) is 0 Å². The predicted molar refractivity (Wildman–Crippen MR) is 200 cm³/mol. The van der Waals surface area contributed by atoms with E-state index in [4.69, 9.17) is 13.6 Å². The van der Waals surface area contributed by atoms with E-state index >= 15 is 0 Å². The van der Waals surface area contributed by atoms with Gasteiger partial charge in [-0.05, 0) is 67.4 Å². The van der Waals surface area contributed by atoms with Crippen molar-refractivity contribution in [1.82, 2.24) is 0 Å². The van der Waals surface area contributed by atoms with Crippen molar-refractivity contribution in [2.24, 2.45) is 0 Å². The quantitative estimate of drug-likeness (QED) is 0.249. The first-order valence-electron chi connectivity index (χ1n) is 18.1. The molecule has 0 saturated heterocycles. The van der Waals surface area contributed by atoms with Gasteiger partial charge in [-0.15, -0.1) is 0 Å². The molecule has 0 N–H and O–H groups in total. The van der Waals surface area contributed by atoms with E-state index < -0.39 is 24.8 Å². The average Bonchev–Trinajstić information content (AvgIpc) is 2.84. The van der Waals surface area contributed by atoms with Crippen LogP contribution in [0.25, 0.3) is 0 Å². The molecule has 3 rings (SSSR count). The highest BCUT2D eigenvalue weighted by Gasteiger charge is 2.32. The van der Waals surface area contributed by atoms with Crippen molar-refractivity contribution < 1.29 is 17.7 Å². The number of hydrogen-bond acceptors (Lipinski definition) is 3. The Hall–Kier alpha value is -2.51. The van der Waals surface area contributed by atoms with E-state index in [1.165, 1.54) is 0 Å². The van der Waals surface area contributed by atoms with Crippen LogP contribution in [0.1, 0.15) is 162 Å². The van der Waals surface area contributed by atoms with Crippen molar-refractivity contribution in [2.75, 3.05) is 0 Å². The summed E-state index contributed by atoms with van der Waals surface area (Å²) in [6, 6.07) is 13.1. The molecule has 0 amide bonds. The van der Waals surface area contributed by atoms with Gasteiger partial charge in [0.15, 0.2) is 0 Å². The monoisotopic (exact) mass is 649 g/mol. The number of rotatable bonds is 6. The smallest absolute Gasteiger partial charge is 0.408 e. The summed E-state index contributed by atoms with van der Waals surface area (Å²) in [5.41, 5.74) is 3.24. The lowest BCUT2D eigenvalue weighted by Crippen LogP contribution is -2.20. The number of hydrogen-bond donors (Lipinski definition) is 0. The molecule has 254 valence electrons. The van der Waals surface area contributed by atoms with E-state index in [0.29, 0.717) is 35.4 Å². The fraction of sp³-hybridized carbons (Fsp3) is 0.571. The molecular formula is C42H63O3P. The van der Waals surface area contributed by atoms with E-state index in [-0.39, 0.29) is 16.2 Å². The van der Waals surface area contributed by atoms with E-state index in [1.54, 1.807) is 0 Å². The first-order valence-corrected chi connectivity index (χ1v) is 17.7. The predicted octanol–water partition coefficient (Wildman–Crippen LogP) is 13.2. The van der Waals surface area contributed by atoms with Gasteiger partial charge in [-0.2, -0.15) is 0 Å². The maximum Gasteiger partial charge on any atom is 0.530 e. The lowest BCUT2D eigenvalue weighted by atomic mass is 9.80. The second-order valence-electron chi connectivity index (χ2n) is 18.8. The Morgan fingerprint density at radius 1 is 0.370 bits per heavy atom. The van der Waals surface area contributed by atoms with Gasteiger partial charge < -0.3 is 13.6 Å². The molecule has 3 aromatic rings. The van der Waals surface area contributed by atoms with Gasteiger partial charge in [-0.3, -0.25) is 0 Å². The van der Waals surface area contributed by atoms with Crippen LogP contribution in [0.15, 0.2) is 54.5 Å². The molecule has 0 aliphatic carbocycles. The molecule has 0 spiro atoms. The third-order valence-electron chi connectivity index (χ3n) is 7.92. The molecule has 0 aromatic heterocycles. The first kappa shape index (κ1) is 33.4. The van der Waals surface area contributed by atoms with Gasteiger partial charge in [0, 0.05) is 16.7 Å². The van der Waals surface area contributed by atoms with Crippen LogP contribution in [0.3, 0.4) is 0 Å². The minimum atomic E-state index is -2.18. The van der Waals surface area contributed by atoms with Crippen LogP contribution in [0.4, 0.5) is 0 Å². The van der Waals surface area contributed by atoms with Gasteiger partial charge in [-0.25, -0.2) is 0 Å². The molecule has 0 radical (unpaired) electrons. The van der Waals surface area contributed by atoms with Crippen LogP contribution in [0.2, 0.25) is 0 Å². The summed E-state index contributed by atoms with van der Waals surface area (Å²) >= 11 is 0. The lowest BCUT2D eigenvalue weighted by molar-refractivity contribution is 0.372. The summed E-state index contributed by atoms with van der Waals surface area (Å²) in [6.07, 6.45) is 0. The van der Waals surface area contributed by atoms with E-state index in [1.807, 2.05) is 36.4 Å². The van der Waals surface area contributed by atoms with Crippen LogP contribution in [-0.2, 0) is 32.5 Å². The summed E-state index contributed by atoms with van der Waals surface area (Å²) < 4.78 is 48.5. The maximum absolute atomic E-state index is 9.33.